The molecule has 0 spiro atoms. The number of rotatable bonds is 9. The fourth-order valence-corrected chi connectivity index (χ4v) is 6.97. The summed E-state index contributed by atoms with van der Waals surface area (Å²) >= 11 is 0. The minimum Gasteiger partial charge on any atom is -0.349 e. The lowest BCUT2D eigenvalue weighted by Gasteiger charge is -2.37. The molecule has 240 valence electrons. The number of amides is 1. The van der Waals surface area contributed by atoms with Gasteiger partial charge in [-0.05, 0) is 46.4 Å². The van der Waals surface area contributed by atoms with Gasteiger partial charge >= 0.3 is 0 Å². The molecule has 1 amide bonds. The van der Waals surface area contributed by atoms with Gasteiger partial charge in [0.15, 0.2) is 0 Å². The molecular formula is C42H36N6O. The molecular weight excluding hydrogens is 605 g/mol. The van der Waals surface area contributed by atoms with Gasteiger partial charge in [0.1, 0.15) is 11.4 Å². The fourth-order valence-electron chi connectivity index (χ4n) is 6.97. The number of hydrogen-bond donors (Lipinski definition) is 2. The molecule has 1 aliphatic rings. The number of aromatic amines is 1. The van der Waals surface area contributed by atoms with Gasteiger partial charge in [-0.3, -0.25) is 14.6 Å². The summed E-state index contributed by atoms with van der Waals surface area (Å²) in [6.45, 7) is 3.30. The predicted octanol–water partition coefficient (Wildman–Crippen LogP) is 8.18. The molecule has 0 saturated heterocycles. The number of imidazole rings is 1. The Morgan fingerprint density at radius 3 is 1.88 bits per heavy atom. The molecule has 3 heterocycles. The van der Waals surface area contributed by atoms with Gasteiger partial charge in [0.25, 0.3) is 5.91 Å². The zero-order chi connectivity index (χ0) is 33.2. The number of nitrogens with zero attached hydrogens (tertiary/aromatic N) is 4. The van der Waals surface area contributed by atoms with Gasteiger partial charge in [-0.25, -0.2) is 9.97 Å². The van der Waals surface area contributed by atoms with E-state index in [0.29, 0.717) is 24.1 Å². The normalized spacial score (nSPS) is 13.6. The van der Waals surface area contributed by atoms with Crippen LogP contribution in [0.3, 0.4) is 0 Å². The predicted molar refractivity (Wildman–Crippen MR) is 197 cm³/mol. The highest BCUT2D eigenvalue weighted by Crippen LogP contribution is 2.44. The van der Waals surface area contributed by atoms with Gasteiger partial charge in [-0.1, -0.05) is 140 Å². The summed E-state index contributed by atoms with van der Waals surface area (Å²) < 4.78 is 2.26. The molecule has 0 bridgehead atoms. The lowest BCUT2D eigenvalue weighted by Crippen LogP contribution is -2.38. The molecule has 1 atom stereocenters. The summed E-state index contributed by atoms with van der Waals surface area (Å²) in [4.78, 5) is 25.1. The minimum atomic E-state index is -0.781. The lowest BCUT2D eigenvalue weighted by atomic mass is 9.77. The number of carbonyl (C=O) groups is 1. The number of H-pyrrole nitrogens is 1. The number of nitrogens with one attached hydrogen (secondary N) is 2. The van der Waals surface area contributed by atoms with Crippen LogP contribution < -0.4 is 10.2 Å². The van der Waals surface area contributed by atoms with Gasteiger partial charge < -0.3 is 10.2 Å². The molecule has 0 fully saturated rings. The zero-order valence-electron chi connectivity index (χ0n) is 27.2. The van der Waals surface area contributed by atoms with Crippen LogP contribution in [0.15, 0.2) is 158 Å². The lowest BCUT2D eigenvalue weighted by molar-refractivity contribution is 0.0942. The van der Waals surface area contributed by atoms with Crippen molar-refractivity contribution >= 4 is 33.7 Å². The van der Waals surface area contributed by atoms with Crippen molar-refractivity contribution in [3.05, 3.63) is 186 Å². The first-order valence-corrected chi connectivity index (χ1v) is 16.7. The molecule has 5 aromatic carbocycles. The van der Waals surface area contributed by atoms with Gasteiger partial charge in [0.2, 0.25) is 5.82 Å². The van der Waals surface area contributed by atoms with E-state index in [1.54, 1.807) is 0 Å². The maximum absolute atomic E-state index is 13.4. The summed E-state index contributed by atoms with van der Waals surface area (Å²) in [7, 11) is 0. The first-order valence-electron chi connectivity index (χ1n) is 16.7. The Morgan fingerprint density at radius 2 is 1.33 bits per heavy atom. The summed E-state index contributed by atoms with van der Waals surface area (Å²) in [6, 6.07) is 46.1. The standard InChI is InChI=1S/C42H36N6O/c1-30(31-17-7-2-8-18-31)29-43-41(49)39-44-36-27-35-38(28-37(36)45-39)48(46-40(35)47-25-15-6-16-26-47)42(32-19-9-3-10-20-32,33-21-11-4-12-22-33)34-23-13-5-14-24-34/h2-25,27-28,30,46H,26,29H2,1H3,(H,43,49). The smallest absolute Gasteiger partial charge is 0.289 e. The van der Waals surface area contributed by atoms with E-state index in [0.717, 1.165) is 33.4 Å². The van der Waals surface area contributed by atoms with E-state index in [9.17, 15) is 4.79 Å². The number of aromatic nitrogens is 4. The second-order valence-electron chi connectivity index (χ2n) is 12.5. The van der Waals surface area contributed by atoms with Crippen LogP contribution in [0.5, 0.6) is 0 Å². The molecule has 0 aliphatic carbocycles. The number of carbonyl (C=O) groups excluding carboxylic acids is 1. The molecule has 2 aromatic heterocycles. The van der Waals surface area contributed by atoms with Gasteiger partial charge in [0.05, 0.1) is 16.6 Å². The van der Waals surface area contributed by atoms with Crippen LogP contribution in [-0.2, 0) is 5.54 Å². The monoisotopic (exact) mass is 640 g/mol. The maximum atomic E-state index is 13.4. The summed E-state index contributed by atoms with van der Waals surface area (Å²) in [5, 5.41) is 7.90. The zero-order valence-corrected chi connectivity index (χ0v) is 27.2. The van der Waals surface area contributed by atoms with Crippen LogP contribution in [0.1, 0.15) is 45.7 Å². The van der Waals surface area contributed by atoms with Crippen molar-refractivity contribution in [2.45, 2.75) is 18.4 Å². The van der Waals surface area contributed by atoms with Crippen LogP contribution in [0.2, 0.25) is 0 Å². The van der Waals surface area contributed by atoms with Crippen molar-refractivity contribution in [1.29, 1.82) is 0 Å². The van der Waals surface area contributed by atoms with E-state index in [1.165, 1.54) is 5.56 Å². The summed E-state index contributed by atoms with van der Waals surface area (Å²) in [6.07, 6.45) is 8.31. The van der Waals surface area contributed by atoms with E-state index >= 15 is 0 Å². The molecule has 7 heteroatoms. The van der Waals surface area contributed by atoms with E-state index in [-0.39, 0.29) is 17.6 Å². The van der Waals surface area contributed by atoms with Crippen molar-refractivity contribution in [3.8, 4) is 0 Å². The molecule has 0 saturated carbocycles. The number of anilines is 1. The Hall–Kier alpha value is -6.21. The molecule has 7 nitrogen and oxygen atoms in total. The van der Waals surface area contributed by atoms with Crippen LogP contribution in [0.25, 0.3) is 21.9 Å². The SMILES string of the molecule is CC(CNC(=O)c1nc2cc3c(N4C=CC=CC4)[nH]n(C(c4ccccc4)(c4ccccc4)c4ccccc4)c3cc2n1)c1ccccc1. The second-order valence-corrected chi connectivity index (χ2v) is 12.5. The Kier molecular flexibility index (Phi) is 7.86. The molecule has 8 rings (SSSR count). The van der Waals surface area contributed by atoms with Gasteiger partial charge in [0, 0.05) is 24.7 Å². The van der Waals surface area contributed by atoms with Crippen LogP contribution >= 0.6 is 0 Å². The van der Waals surface area contributed by atoms with E-state index in [4.69, 9.17) is 9.97 Å². The van der Waals surface area contributed by atoms with E-state index < -0.39 is 5.54 Å². The van der Waals surface area contributed by atoms with E-state index in [1.807, 2.05) is 42.5 Å². The average molecular weight is 641 g/mol. The number of fused-ring (bicyclic) bond motifs is 2. The molecule has 1 unspecified atom stereocenters. The van der Waals surface area contributed by atoms with Gasteiger partial charge in [-0.2, -0.15) is 0 Å². The highest BCUT2D eigenvalue weighted by Gasteiger charge is 2.40. The Labute approximate surface area is 285 Å². The first kappa shape index (κ1) is 30.1. The number of benzene rings is 5. The third-order valence-electron chi connectivity index (χ3n) is 9.41. The van der Waals surface area contributed by atoms with Crippen molar-refractivity contribution in [2.75, 3.05) is 18.0 Å². The topological polar surface area (TPSA) is 78.8 Å². The Balaban J connectivity index is 1.32. The minimum absolute atomic E-state index is 0.156. The second kappa shape index (κ2) is 12.8. The van der Waals surface area contributed by atoms with E-state index in [2.05, 4.69) is 142 Å². The molecule has 2 N–H and O–H groups in total. The van der Waals surface area contributed by atoms with Crippen LogP contribution in [0.4, 0.5) is 5.82 Å². The Bertz CT molecular complexity index is 2190. The third-order valence-corrected chi connectivity index (χ3v) is 9.41. The number of allylic oxidation sites excluding steroid dienone is 2. The average Bonchev–Trinajstić information content (AvgIpc) is 3.77. The highest BCUT2D eigenvalue weighted by atomic mass is 16.2. The van der Waals surface area contributed by atoms with Crippen LogP contribution in [-0.4, -0.2) is 38.7 Å². The summed E-state index contributed by atoms with van der Waals surface area (Å²) in [5.74, 6) is 0.968. The van der Waals surface area contributed by atoms with Crippen molar-refractivity contribution in [1.82, 2.24) is 25.1 Å². The quantitative estimate of drug-likeness (QED) is 0.156. The highest BCUT2D eigenvalue weighted by molar-refractivity contribution is 6.02. The van der Waals surface area contributed by atoms with Crippen molar-refractivity contribution in [2.24, 2.45) is 0 Å². The Morgan fingerprint density at radius 1 is 0.776 bits per heavy atom. The van der Waals surface area contributed by atoms with Gasteiger partial charge in [-0.15, -0.1) is 0 Å². The maximum Gasteiger partial charge on any atom is 0.289 e. The third kappa shape index (κ3) is 5.39. The first-order chi connectivity index (χ1) is 24.1. The summed E-state index contributed by atoms with van der Waals surface area (Å²) in [5.41, 5.74) is 5.95. The molecule has 7 aromatic rings. The molecule has 0 radical (unpaired) electrons. The molecule has 49 heavy (non-hydrogen) atoms. The largest absolute Gasteiger partial charge is 0.349 e. The van der Waals surface area contributed by atoms with Crippen molar-refractivity contribution in [3.63, 3.8) is 0 Å². The van der Waals surface area contributed by atoms with Crippen LogP contribution in [0, 0.1) is 0 Å². The molecule has 1 aliphatic heterocycles. The van der Waals surface area contributed by atoms with Crippen molar-refractivity contribution < 1.29 is 4.79 Å². The number of hydrogen-bond acceptors (Lipinski definition) is 4. The fraction of sp³-hybridized carbons (Fsp3) is 0.119.